The van der Waals surface area contributed by atoms with Crippen LogP contribution in [0.25, 0.3) is 0 Å². The number of rotatable bonds is 4. The Hall–Kier alpha value is -1.22. The number of hydrogen-bond donors (Lipinski definition) is 1. The molecule has 2 rings (SSSR count). The number of aryl methyl sites for hydroxylation is 1. The van der Waals surface area contributed by atoms with E-state index >= 15 is 0 Å². The van der Waals surface area contributed by atoms with Crippen LogP contribution in [0, 0.1) is 23.0 Å². The van der Waals surface area contributed by atoms with Crippen LogP contribution in [0.5, 0.6) is 0 Å². The SMILES string of the molecule is Cc1ccc(S(=O)(=O)N2CCCC(C(C)N)C2)cc1[N+](=O)[O-].Cl. The fourth-order valence-corrected chi connectivity index (χ4v) is 4.27. The first-order valence-corrected chi connectivity index (χ1v) is 8.68. The summed E-state index contributed by atoms with van der Waals surface area (Å²) < 4.78 is 26.8. The van der Waals surface area contributed by atoms with Gasteiger partial charge in [0, 0.05) is 30.8 Å². The summed E-state index contributed by atoms with van der Waals surface area (Å²) in [6.45, 7) is 4.24. The van der Waals surface area contributed by atoms with Crippen molar-refractivity contribution in [1.82, 2.24) is 4.31 Å². The lowest BCUT2D eigenvalue weighted by Gasteiger charge is -2.33. The van der Waals surface area contributed by atoms with Crippen LogP contribution >= 0.6 is 12.4 Å². The van der Waals surface area contributed by atoms with Crippen molar-refractivity contribution in [3.8, 4) is 0 Å². The van der Waals surface area contributed by atoms with Gasteiger partial charge in [0.2, 0.25) is 10.0 Å². The number of nitrogens with two attached hydrogens (primary N) is 1. The van der Waals surface area contributed by atoms with Crippen LogP contribution in [-0.2, 0) is 10.0 Å². The van der Waals surface area contributed by atoms with Crippen LogP contribution in [0.15, 0.2) is 23.1 Å². The number of hydrogen-bond acceptors (Lipinski definition) is 5. The van der Waals surface area contributed by atoms with Crippen LogP contribution in [0.1, 0.15) is 25.3 Å². The molecule has 0 aromatic heterocycles. The molecular weight excluding hydrogens is 342 g/mol. The van der Waals surface area contributed by atoms with Gasteiger partial charge in [-0.1, -0.05) is 6.07 Å². The zero-order valence-electron chi connectivity index (χ0n) is 13.1. The Labute approximate surface area is 142 Å². The molecule has 130 valence electrons. The average molecular weight is 364 g/mol. The van der Waals surface area contributed by atoms with Gasteiger partial charge in [-0.3, -0.25) is 10.1 Å². The molecule has 23 heavy (non-hydrogen) atoms. The van der Waals surface area contributed by atoms with Gasteiger partial charge in [-0.05, 0) is 38.7 Å². The third-order valence-corrected chi connectivity index (χ3v) is 6.04. The zero-order valence-corrected chi connectivity index (χ0v) is 14.8. The molecule has 1 aromatic rings. The largest absolute Gasteiger partial charge is 0.328 e. The molecule has 9 heteroatoms. The van der Waals surface area contributed by atoms with Gasteiger partial charge in [0.1, 0.15) is 0 Å². The van der Waals surface area contributed by atoms with Gasteiger partial charge in [0.25, 0.3) is 5.69 Å². The van der Waals surface area contributed by atoms with Gasteiger partial charge in [-0.15, -0.1) is 12.4 Å². The molecule has 0 bridgehead atoms. The number of nitro groups is 1. The Bertz CT molecular complexity index is 679. The summed E-state index contributed by atoms with van der Waals surface area (Å²) in [7, 11) is -3.73. The molecule has 0 saturated carbocycles. The number of nitrogens with zero attached hydrogens (tertiary/aromatic N) is 2. The third kappa shape index (κ3) is 4.20. The number of sulfonamides is 1. The molecule has 2 unspecified atom stereocenters. The van der Waals surface area contributed by atoms with Crippen molar-refractivity contribution in [3.63, 3.8) is 0 Å². The van der Waals surface area contributed by atoms with E-state index in [-0.39, 0.29) is 34.9 Å². The molecule has 7 nitrogen and oxygen atoms in total. The molecule has 1 aliphatic heterocycles. The van der Waals surface area contributed by atoms with Crippen molar-refractivity contribution in [1.29, 1.82) is 0 Å². The first-order chi connectivity index (χ1) is 10.2. The summed E-state index contributed by atoms with van der Waals surface area (Å²) in [6.07, 6.45) is 1.65. The van der Waals surface area contributed by atoms with E-state index in [0.717, 1.165) is 18.9 Å². The van der Waals surface area contributed by atoms with E-state index in [0.29, 0.717) is 18.7 Å². The fourth-order valence-electron chi connectivity index (χ4n) is 2.72. The Kier molecular flexibility index (Phi) is 6.52. The summed E-state index contributed by atoms with van der Waals surface area (Å²) in [5, 5.41) is 11.0. The minimum absolute atomic E-state index is 0. The van der Waals surface area contributed by atoms with Crippen molar-refractivity contribution < 1.29 is 13.3 Å². The molecule has 1 fully saturated rings. The van der Waals surface area contributed by atoms with Gasteiger partial charge in [-0.2, -0.15) is 4.31 Å². The highest BCUT2D eigenvalue weighted by Gasteiger charge is 2.32. The van der Waals surface area contributed by atoms with E-state index in [9.17, 15) is 18.5 Å². The first-order valence-electron chi connectivity index (χ1n) is 7.24. The number of nitro benzene ring substituents is 1. The maximum Gasteiger partial charge on any atom is 0.273 e. The number of piperidine rings is 1. The van der Waals surface area contributed by atoms with Gasteiger partial charge in [0.15, 0.2) is 0 Å². The average Bonchev–Trinajstić information content (AvgIpc) is 2.47. The third-order valence-electron chi connectivity index (χ3n) is 4.18. The highest BCUT2D eigenvalue weighted by Crippen LogP contribution is 2.28. The summed E-state index contributed by atoms with van der Waals surface area (Å²) in [5.74, 6) is 0.115. The van der Waals surface area contributed by atoms with E-state index in [2.05, 4.69) is 0 Å². The second-order valence-electron chi connectivity index (χ2n) is 5.83. The molecule has 1 saturated heterocycles. The van der Waals surface area contributed by atoms with Gasteiger partial charge in [0.05, 0.1) is 9.82 Å². The Morgan fingerprint density at radius 1 is 1.43 bits per heavy atom. The molecule has 1 aromatic carbocycles. The normalized spacial score (nSPS) is 20.6. The smallest absolute Gasteiger partial charge is 0.273 e. The van der Waals surface area contributed by atoms with Crippen molar-refractivity contribution in [2.24, 2.45) is 11.7 Å². The Balaban J connectivity index is 0.00000264. The molecule has 0 radical (unpaired) electrons. The lowest BCUT2D eigenvalue weighted by molar-refractivity contribution is -0.385. The van der Waals surface area contributed by atoms with Gasteiger partial charge in [-0.25, -0.2) is 8.42 Å². The lowest BCUT2D eigenvalue weighted by atomic mass is 9.93. The van der Waals surface area contributed by atoms with E-state index in [1.807, 2.05) is 6.92 Å². The fraction of sp³-hybridized carbons (Fsp3) is 0.571. The van der Waals surface area contributed by atoms with Crippen molar-refractivity contribution in [2.45, 2.75) is 37.6 Å². The summed E-state index contributed by atoms with van der Waals surface area (Å²) in [6, 6.07) is 3.95. The van der Waals surface area contributed by atoms with E-state index in [1.54, 1.807) is 6.92 Å². The van der Waals surface area contributed by atoms with Gasteiger partial charge < -0.3 is 5.73 Å². The predicted octanol–water partition coefficient (Wildman–Crippen LogP) is 2.07. The van der Waals surface area contributed by atoms with Crippen LogP contribution in [0.4, 0.5) is 5.69 Å². The maximum absolute atomic E-state index is 12.7. The molecule has 2 N–H and O–H groups in total. The highest BCUT2D eigenvalue weighted by molar-refractivity contribution is 7.89. The zero-order chi connectivity index (χ0) is 16.5. The second-order valence-corrected chi connectivity index (χ2v) is 7.77. The first kappa shape index (κ1) is 19.8. The quantitative estimate of drug-likeness (QED) is 0.651. The van der Waals surface area contributed by atoms with Crippen LogP contribution in [-0.4, -0.2) is 36.8 Å². The van der Waals surface area contributed by atoms with Gasteiger partial charge >= 0.3 is 0 Å². The van der Waals surface area contributed by atoms with E-state index in [4.69, 9.17) is 5.73 Å². The standard InChI is InChI=1S/C14H21N3O4S.ClH/c1-10-5-6-13(8-14(10)17(18)19)22(20,21)16-7-3-4-12(9-16)11(2)15;/h5-6,8,11-12H,3-4,7,9,15H2,1-2H3;1H. The summed E-state index contributed by atoms with van der Waals surface area (Å²) in [5.41, 5.74) is 6.15. The molecule has 0 amide bonds. The maximum atomic E-state index is 12.7. The topological polar surface area (TPSA) is 107 Å². The van der Waals surface area contributed by atoms with Crippen molar-refractivity contribution in [3.05, 3.63) is 33.9 Å². The molecule has 1 aliphatic rings. The Morgan fingerprint density at radius 3 is 2.65 bits per heavy atom. The Morgan fingerprint density at radius 2 is 2.09 bits per heavy atom. The number of halogens is 1. The van der Waals surface area contributed by atoms with Crippen LogP contribution in [0.2, 0.25) is 0 Å². The van der Waals surface area contributed by atoms with Crippen molar-refractivity contribution in [2.75, 3.05) is 13.1 Å². The monoisotopic (exact) mass is 363 g/mol. The summed E-state index contributed by atoms with van der Waals surface area (Å²) in [4.78, 5) is 10.4. The van der Waals surface area contributed by atoms with E-state index < -0.39 is 14.9 Å². The highest BCUT2D eigenvalue weighted by atomic mass is 35.5. The lowest BCUT2D eigenvalue weighted by Crippen LogP contribution is -2.44. The molecule has 0 spiro atoms. The molecular formula is C14H22ClN3O4S. The molecule has 2 atom stereocenters. The predicted molar refractivity (Wildman–Crippen MR) is 90.2 cm³/mol. The van der Waals surface area contributed by atoms with E-state index in [1.165, 1.54) is 16.4 Å². The minimum atomic E-state index is -3.73. The molecule has 0 aliphatic carbocycles. The second kappa shape index (κ2) is 7.57. The van der Waals surface area contributed by atoms with Crippen molar-refractivity contribution >= 4 is 28.1 Å². The molecule has 1 heterocycles. The summed E-state index contributed by atoms with van der Waals surface area (Å²) >= 11 is 0. The van der Waals surface area contributed by atoms with Crippen LogP contribution in [0.3, 0.4) is 0 Å². The number of benzene rings is 1. The minimum Gasteiger partial charge on any atom is -0.328 e. The van der Waals surface area contributed by atoms with Crippen LogP contribution < -0.4 is 5.73 Å².